The number of carbonyl (C=O) groups is 1. The molecule has 6 heteroatoms. The number of anilines is 1. The molecule has 0 atom stereocenters. The Bertz CT molecular complexity index is 713. The average Bonchev–Trinajstić information content (AvgIpc) is 2.68. The second kappa shape index (κ2) is 7.98. The fourth-order valence-electron chi connectivity index (χ4n) is 2.98. The normalized spacial score (nSPS) is 15.0. The molecule has 0 bridgehead atoms. The molecule has 3 rings (SSSR count). The van der Waals surface area contributed by atoms with Crippen LogP contribution in [0, 0.1) is 0 Å². The van der Waals surface area contributed by atoms with Crippen LogP contribution < -0.4 is 14.4 Å². The van der Waals surface area contributed by atoms with E-state index in [0.29, 0.717) is 23.6 Å². The molecule has 0 unspecified atom stereocenters. The van der Waals surface area contributed by atoms with Crippen LogP contribution in [0.4, 0.5) is 5.82 Å². The fraction of sp³-hybridized carbons (Fsp3) is 0.368. The van der Waals surface area contributed by atoms with Crippen molar-refractivity contribution in [1.82, 2.24) is 9.88 Å². The second-order valence-corrected chi connectivity index (χ2v) is 5.94. The van der Waals surface area contributed by atoms with Gasteiger partial charge in [0.15, 0.2) is 17.3 Å². The Kier molecular flexibility index (Phi) is 5.50. The van der Waals surface area contributed by atoms with E-state index in [1.807, 2.05) is 24.4 Å². The highest BCUT2D eigenvalue weighted by Gasteiger charge is 2.21. The van der Waals surface area contributed by atoms with Crippen molar-refractivity contribution < 1.29 is 14.3 Å². The molecule has 0 amide bonds. The number of ketones is 1. The van der Waals surface area contributed by atoms with Crippen LogP contribution in [0.1, 0.15) is 10.4 Å². The van der Waals surface area contributed by atoms with Gasteiger partial charge in [0.25, 0.3) is 0 Å². The third-order valence-electron chi connectivity index (χ3n) is 4.42. The molecule has 1 fully saturated rings. The number of Topliss-reactive ketones (excluding diaryl/α,β-unsaturated/α-hetero) is 1. The van der Waals surface area contributed by atoms with Crippen LogP contribution in [0.15, 0.2) is 42.6 Å². The van der Waals surface area contributed by atoms with Gasteiger partial charge in [0.05, 0.1) is 20.8 Å². The third kappa shape index (κ3) is 4.09. The third-order valence-corrected chi connectivity index (χ3v) is 4.42. The van der Waals surface area contributed by atoms with Gasteiger partial charge in [-0.25, -0.2) is 4.98 Å². The lowest BCUT2D eigenvalue weighted by molar-refractivity contribution is 0.0926. The molecule has 1 saturated heterocycles. The zero-order chi connectivity index (χ0) is 17.6. The number of ether oxygens (including phenoxy) is 2. The maximum atomic E-state index is 12.6. The molecule has 1 aromatic heterocycles. The molecule has 25 heavy (non-hydrogen) atoms. The number of piperazine rings is 1. The SMILES string of the molecule is COc1ccc(C(=O)CN2CCN(c3ccccn3)CC2)cc1OC. The van der Waals surface area contributed by atoms with Crippen LogP contribution in [0.2, 0.25) is 0 Å². The summed E-state index contributed by atoms with van der Waals surface area (Å²) in [6.45, 7) is 3.84. The Morgan fingerprint density at radius 3 is 2.44 bits per heavy atom. The Labute approximate surface area is 148 Å². The maximum absolute atomic E-state index is 12.6. The number of rotatable bonds is 6. The van der Waals surface area contributed by atoms with Gasteiger partial charge in [0.1, 0.15) is 5.82 Å². The van der Waals surface area contributed by atoms with Crippen LogP contribution in [-0.4, -0.2) is 62.6 Å². The van der Waals surface area contributed by atoms with E-state index in [1.54, 1.807) is 32.4 Å². The number of carbonyl (C=O) groups excluding carboxylic acids is 1. The first-order valence-electron chi connectivity index (χ1n) is 8.35. The van der Waals surface area contributed by atoms with E-state index in [1.165, 1.54) is 0 Å². The maximum Gasteiger partial charge on any atom is 0.176 e. The van der Waals surface area contributed by atoms with Crippen LogP contribution in [0.3, 0.4) is 0 Å². The zero-order valence-corrected chi connectivity index (χ0v) is 14.6. The molecule has 1 aliphatic heterocycles. The summed E-state index contributed by atoms with van der Waals surface area (Å²) in [4.78, 5) is 21.4. The number of hydrogen-bond donors (Lipinski definition) is 0. The van der Waals surface area contributed by atoms with Crippen LogP contribution in [0.5, 0.6) is 11.5 Å². The molecule has 2 aromatic rings. The van der Waals surface area contributed by atoms with Gasteiger partial charge in [0, 0.05) is 37.9 Å². The molecule has 2 heterocycles. The quantitative estimate of drug-likeness (QED) is 0.750. The Balaban J connectivity index is 1.58. The first-order valence-corrected chi connectivity index (χ1v) is 8.35. The van der Waals surface area contributed by atoms with Gasteiger partial charge in [-0.3, -0.25) is 9.69 Å². The summed E-state index contributed by atoms with van der Waals surface area (Å²) in [6, 6.07) is 11.2. The van der Waals surface area contributed by atoms with Gasteiger partial charge in [0.2, 0.25) is 0 Å². The number of hydrogen-bond acceptors (Lipinski definition) is 6. The van der Waals surface area contributed by atoms with Gasteiger partial charge in [-0.1, -0.05) is 6.07 Å². The number of aromatic nitrogens is 1. The molecular weight excluding hydrogens is 318 g/mol. The smallest absolute Gasteiger partial charge is 0.176 e. The fourth-order valence-corrected chi connectivity index (χ4v) is 2.98. The van der Waals surface area contributed by atoms with E-state index in [9.17, 15) is 4.79 Å². The minimum Gasteiger partial charge on any atom is -0.493 e. The first kappa shape index (κ1) is 17.2. The lowest BCUT2D eigenvalue weighted by Crippen LogP contribution is -2.48. The molecule has 0 N–H and O–H groups in total. The lowest BCUT2D eigenvalue weighted by Gasteiger charge is -2.35. The predicted octanol–water partition coefficient (Wildman–Crippen LogP) is 2.10. The minimum atomic E-state index is 0.0900. The molecule has 0 spiro atoms. The summed E-state index contributed by atoms with van der Waals surface area (Å²) in [7, 11) is 3.16. The standard InChI is InChI=1S/C19H23N3O3/c1-24-17-7-6-15(13-18(17)25-2)16(23)14-21-9-11-22(12-10-21)19-5-3-4-8-20-19/h3-8,13H,9-12,14H2,1-2H3. The average molecular weight is 341 g/mol. The van der Waals surface area contributed by atoms with Crippen LogP contribution >= 0.6 is 0 Å². The molecule has 6 nitrogen and oxygen atoms in total. The van der Waals surface area contributed by atoms with Crippen molar-refractivity contribution in [2.75, 3.05) is 51.8 Å². The highest BCUT2D eigenvalue weighted by atomic mass is 16.5. The van der Waals surface area contributed by atoms with Gasteiger partial charge >= 0.3 is 0 Å². The summed E-state index contributed by atoms with van der Waals surface area (Å²) in [5.41, 5.74) is 0.643. The van der Waals surface area contributed by atoms with Gasteiger partial charge in [-0.15, -0.1) is 0 Å². The number of nitrogens with zero attached hydrogens (tertiary/aromatic N) is 3. The number of benzene rings is 1. The van der Waals surface area contributed by atoms with Crippen molar-refractivity contribution in [3.63, 3.8) is 0 Å². The van der Waals surface area contributed by atoms with E-state index < -0.39 is 0 Å². The van der Waals surface area contributed by atoms with Crippen LogP contribution in [-0.2, 0) is 0 Å². The second-order valence-electron chi connectivity index (χ2n) is 5.94. The van der Waals surface area contributed by atoms with Gasteiger partial charge in [-0.05, 0) is 30.3 Å². The van der Waals surface area contributed by atoms with E-state index in [-0.39, 0.29) is 5.78 Å². The van der Waals surface area contributed by atoms with Crippen molar-refractivity contribution in [2.24, 2.45) is 0 Å². The van der Waals surface area contributed by atoms with E-state index in [2.05, 4.69) is 14.8 Å². The van der Waals surface area contributed by atoms with E-state index in [4.69, 9.17) is 9.47 Å². The zero-order valence-electron chi connectivity index (χ0n) is 14.6. The number of methoxy groups -OCH3 is 2. The Hall–Kier alpha value is -2.60. The summed E-state index contributed by atoms with van der Waals surface area (Å²) in [5, 5.41) is 0. The molecule has 1 aliphatic rings. The van der Waals surface area contributed by atoms with Gasteiger partial charge in [-0.2, -0.15) is 0 Å². The highest BCUT2D eigenvalue weighted by molar-refractivity contribution is 5.98. The Morgan fingerprint density at radius 1 is 1.04 bits per heavy atom. The minimum absolute atomic E-state index is 0.0900. The Morgan fingerprint density at radius 2 is 1.80 bits per heavy atom. The molecule has 0 saturated carbocycles. The largest absolute Gasteiger partial charge is 0.493 e. The number of pyridine rings is 1. The van der Waals surface area contributed by atoms with Crippen molar-refractivity contribution in [3.05, 3.63) is 48.2 Å². The summed E-state index contributed by atoms with van der Waals surface area (Å²) < 4.78 is 10.5. The summed E-state index contributed by atoms with van der Waals surface area (Å²) in [6.07, 6.45) is 1.81. The summed E-state index contributed by atoms with van der Waals surface area (Å²) >= 11 is 0. The van der Waals surface area contributed by atoms with E-state index in [0.717, 1.165) is 32.0 Å². The van der Waals surface area contributed by atoms with Crippen molar-refractivity contribution in [3.8, 4) is 11.5 Å². The molecular formula is C19H23N3O3. The first-order chi connectivity index (χ1) is 12.2. The molecule has 1 aromatic carbocycles. The van der Waals surface area contributed by atoms with Crippen molar-refractivity contribution in [1.29, 1.82) is 0 Å². The predicted molar refractivity (Wildman–Crippen MR) is 96.8 cm³/mol. The van der Waals surface area contributed by atoms with Crippen molar-refractivity contribution >= 4 is 11.6 Å². The van der Waals surface area contributed by atoms with Crippen molar-refractivity contribution in [2.45, 2.75) is 0 Å². The summed E-state index contributed by atoms with van der Waals surface area (Å²) in [5.74, 6) is 2.29. The van der Waals surface area contributed by atoms with E-state index >= 15 is 0 Å². The molecule has 0 radical (unpaired) electrons. The highest BCUT2D eigenvalue weighted by Crippen LogP contribution is 2.27. The topological polar surface area (TPSA) is 54.9 Å². The van der Waals surface area contributed by atoms with Crippen LogP contribution in [0.25, 0.3) is 0 Å². The molecule has 0 aliphatic carbocycles. The lowest BCUT2D eigenvalue weighted by atomic mass is 10.1. The van der Waals surface area contributed by atoms with Gasteiger partial charge < -0.3 is 14.4 Å². The monoisotopic (exact) mass is 341 g/mol. The molecule has 132 valence electrons.